The summed E-state index contributed by atoms with van der Waals surface area (Å²) in [6, 6.07) is 1.58. The third-order valence-corrected chi connectivity index (χ3v) is 5.13. The van der Waals surface area contributed by atoms with Gasteiger partial charge in [0.1, 0.15) is 11.4 Å². The van der Waals surface area contributed by atoms with E-state index in [2.05, 4.69) is 10.2 Å². The van der Waals surface area contributed by atoms with E-state index in [1.807, 2.05) is 13.8 Å². The van der Waals surface area contributed by atoms with Gasteiger partial charge in [-0.2, -0.15) is 10.2 Å². The SMILES string of the molecule is CCn1nc(C)c(CC2CC(Cn3nc(C)cc3C(=O)O)C2)c1C(=O)O. The van der Waals surface area contributed by atoms with E-state index in [0.717, 1.165) is 24.1 Å². The van der Waals surface area contributed by atoms with Crippen LogP contribution in [0.2, 0.25) is 0 Å². The summed E-state index contributed by atoms with van der Waals surface area (Å²) in [5.41, 5.74) is 2.82. The van der Waals surface area contributed by atoms with Gasteiger partial charge < -0.3 is 10.2 Å². The van der Waals surface area contributed by atoms with Crippen molar-refractivity contribution < 1.29 is 19.8 Å². The Labute approximate surface area is 151 Å². The van der Waals surface area contributed by atoms with Crippen molar-refractivity contribution in [2.45, 2.75) is 53.1 Å². The largest absolute Gasteiger partial charge is 0.477 e. The van der Waals surface area contributed by atoms with Gasteiger partial charge in [-0.05, 0) is 57.9 Å². The average molecular weight is 360 g/mol. The minimum Gasteiger partial charge on any atom is -0.477 e. The van der Waals surface area contributed by atoms with Gasteiger partial charge in [-0.3, -0.25) is 9.36 Å². The maximum absolute atomic E-state index is 11.6. The molecule has 1 aliphatic carbocycles. The number of aryl methyl sites for hydroxylation is 3. The van der Waals surface area contributed by atoms with Crippen LogP contribution in [0.25, 0.3) is 0 Å². The van der Waals surface area contributed by atoms with Crippen molar-refractivity contribution in [3.05, 3.63) is 34.4 Å². The molecule has 0 amide bonds. The zero-order valence-electron chi connectivity index (χ0n) is 15.3. The standard InChI is InChI=1S/C18H24N4O4/c1-4-21-16(18(25)26)14(11(3)20-21)8-12-6-13(7-12)9-22-15(17(23)24)5-10(2)19-22/h5,12-13H,4,6-9H2,1-3H3,(H,23,24)(H,25,26). The topological polar surface area (TPSA) is 110 Å². The summed E-state index contributed by atoms with van der Waals surface area (Å²) in [4.78, 5) is 22.9. The van der Waals surface area contributed by atoms with Gasteiger partial charge in [-0.25, -0.2) is 9.59 Å². The van der Waals surface area contributed by atoms with Crippen LogP contribution in [0.5, 0.6) is 0 Å². The second kappa shape index (κ2) is 6.93. The van der Waals surface area contributed by atoms with Crippen LogP contribution in [0.4, 0.5) is 0 Å². The first kappa shape index (κ1) is 18.2. The number of aromatic nitrogens is 4. The molecule has 2 aromatic rings. The van der Waals surface area contributed by atoms with Crippen molar-refractivity contribution in [3.63, 3.8) is 0 Å². The van der Waals surface area contributed by atoms with E-state index in [1.54, 1.807) is 22.4 Å². The normalized spacial score (nSPS) is 19.3. The number of hydrogen-bond acceptors (Lipinski definition) is 4. The molecule has 0 bridgehead atoms. The lowest BCUT2D eigenvalue weighted by molar-refractivity contribution is 0.0670. The van der Waals surface area contributed by atoms with Gasteiger partial charge in [0, 0.05) is 18.7 Å². The average Bonchev–Trinajstić information content (AvgIpc) is 3.05. The Kier molecular flexibility index (Phi) is 4.84. The van der Waals surface area contributed by atoms with Crippen LogP contribution in [0.15, 0.2) is 6.07 Å². The lowest BCUT2D eigenvalue weighted by Crippen LogP contribution is -2.30. The fourth-order valence-electron chi connectivity index (χ4n) is 3.91. The third kappa shape index (κ3) is 3.36. The molecule has 2 heterocycles. The Hall–Kier alpha value is -2.64. The summed E-state index contributed by atoms with van der Waals surface area (Å²) in [5, 5.41) is 27.4. The minimum absolute atomic E-state index is 0.221. The Morgan fingerprint density at radius 2 is 1.81 bits per heavy atom. The molecule has 1 fully saturated rings. The number of carbonyl (C=O) groups is 2. The molecule has 8 heteroatoms. The van der Waals surface area contributed by atoms with Gasteiger partial charge in [0.25, 0.3) is 0 Å². The number of aromatic carboxylic acids is 2. The molecule has 0 aromatic carbocycles. The minimum atomic E-state index is -0.963. The quantitative estimate of drug-likeness (QED) is 0.784. The van der Waals surface area contributed by atoms with E-state index < -0.39 is 11.9 Å². The lowest BCUT2D eigenvalue weighted by atomic mass is 9.72. The molecular weight excluding hydrogens is 336 g/mol. The van der Waals surface area contributed by atoms with E-state index in [0.29, 0.717) is 42.7 Å². The molecular formula is C18H24N4O4. The Morgan fingerprint density at radius 3 is 2.38 bits per heavy atom. The van der Waals surface area contributed by atoms with E-state index in [1.165, 1.54) is 0 Å². The number of carboxylic acid groups (broad SMARTS) is 2. The molecule has 1 saturated carbocycles. The third-order valence-electron chi connectivity index (χ3n) is 5.13. The van der Waals surface area contributed by atoms with Gasteiger partial charge >= 0.3 is 11.9 Å². The molecule has 8 nitrogen and oxygen atoms in total. The van der Waals surface area contributed by atoms with E-state index in [4.69, 9.17) is 0 Å². The second-order valence-electron chi connectivity index (χ2n) is 7.10. The van der Waals surface area contributed by atoms with Gasteiger partial charge in [0.15, 0.2) is 0 Å². The summed E-state index contributed by atoms with van der Waals surface area (Å²) < 4.78 is 3.12. The highest BCUT2D eigenvalue weighted by Gasteiger charge is 2.33. The fraction of sp³-hybridized carbons (Fsp3) is 0.556. The monoisotopic (exact) mass is 360 g/mol. The number of nitrogens with zero attached hydrogens (tertiary/aromatic N) is 4. The van der Waals surface area contributed by atoms with Crippen LogP contribution >= 0.6 is 0 Å². The van der Waals surface area contributed by atoms with Gasteiger partial charge in [0.05, 0.1) is 11.4 Å². The van der Waals surface area contributed by atoms with Crippen LogP contribution in [-0.2, 0) is 19.5 Å². The number of carboxylic acids is 2. The molecule has 2 N–H and O–H groups in total. The fourth-order valence-corrected chi connectivity index (χ4v) is 3.91. The molecule has 26 heavy (non-hydrogen) atoms. The van der Waals surface area contributed by atoms with Crippen LogP contribution in [-0.4, -0.2) is 41.7 Å². The molecule has 2 aromatic heterocycles. The Morgan fingerprint density at radius 1 is 1.12 bits per heavy atom. The predicted octanol–water partition coefficient (Wildman–Crippen LogP) is 2.38. The maximum Gasteiger partial charge on any atom is 0.354 e. The summed E-state index contributed by atoms with van der Waals surface area (Å²) in [6.45, 7) is 6.65. The van der Waals surface area contributed by atoms with Crippen LogP contribution < -0.4 is 0 Å². The van der Waals surface area contributed by atoms with Crippen molar-refractivity contribution in [2.24, 2.45) is 11.8 Å². The molecule has 3 rings (SSSR count). The number of rotatable bonds is 7. The summed E-state index contributed by atoms with van der Waals surface area (Å²) in [7, 11) is 0. The molecule has 140 valence electrons. The Bertz CT molecular complexity index is 846. The van der Waals surface area contributed by atoms with Crippen LogP contribution in [0.3, 0.4) is 0 Å². The molecule has 0 spiro atoms. The van der Waals surface area contributed by atoms with Crippen molar-refractivity contribution in [3.8, 4) is 0 Å². The van der Waals surface area contributed by atoms with Crippen molar-refractivity contribution in [2.75, 3.05) is 0 Å². The summed E-state index contributed by atoms with van der Waals surface area (Å²) in [6.07, 6.45) is 2.58. The van der Waals surface area contributed by atoms with E-state index in [-0.39, 0.29) is 5.69 Å². The summed E-state index contributed by atoms with van der Waals surface area (Å²) in [5.74, 6) is -1.13. The zero-order chi connectivity index (χ0) is 19.0. The van der Waals surface area contributed by atoms with Crippen molar-refractivity contribution in [1.29, 1.82) is 0 Å². The van der Waals surface area contributed by atoms with Gasteiger partial charge in [0.2, 0.25) is 0 Å². The molecule has 0 radical (unpaired) electrons. The van der Waals surface area contributed by atoms with Crippen molar-refractivity contribution in [1.82, 2.24) is 19.6 Å². The van der Waals surface area contributed by atoms with E-state index in [9.17, 15) is 19.8 Å². The first-order valence-corrected chi connectivity index (χ1v) is 8.87. The maximum atomic E-state index is 11.6. The summed E-state index contributed by atoms with van der Waals surface area (Å²) >= 11 is 0. The smallest absolute Gasteiger partial charge is 0.354 e. The van der Waals surface area contributed by atoms with Gasteiger partial charge in [-0.1, -0.05) is 0 Å². The highest BCUT2D eigenvalue weighted by Crippen LogP contribution is 2.38. The highest BCUT2D eigenvalue weighted by atomic mass is 16.4. The van der Waals surface area contributed by atoms with Crippen molar-refractivity contribution >= 4 is 11.9 Å². The van der Waals surface area contributed by atoms with Crippen LogP contribution in [0, 0.1) is 25.7 Å². The molecule has 0 atom stereocenters. The zero-order valence-corrected chi connectivity index (χ0v) is 15.3. The molecule has 0 aliphatic heterocycles. The Balaban J connectivity index is 1.64. The second-order valence-corrected chi connectivity index (χ2v) is 7.10. The molecule has 0 saturated heterocycles. The molecule has 0 unspecified atom stereocenters. The number of hydrogen-bond donors (Lipinski definition) is 2. The highest BCUT2D eigenvalue weighted by molar-refractivity contribution is 5.87. The predicted molar refractivity (Wildman–Crippen MR) is 93.4 cm³/mol. The van der Waals surface area contributed by atoms with E-state index >= 15 is 0 Å². The molecule has 1 aliphatic rings. The first-order valence-electron chi connectivity index (χ1n) is 8.87. The van der Waals surface area contributed by atoms with Gasteiger partial charge in [-0.15, -0.1) is 0 Å². The lowest BCUT2D eigenvalue weighted by Gasteiger charge is -2.35. The van der Waals surface area contributed by atoms with Crippen LogP contribution in [0.1, 0.15) is 57.7 Å². The first-order chi connectivity index (χ1) is 12.3.